The number of aromatic nitrogens is 1. The van der Waals surface area contributed by atoms with Crippen LogP contribution in [0.4, 0.5) is 21.5 Å². The molecule has 3 unspecified atom stereocenters. The summed E-state index contributed by atoms with van der Waals surface area (Å²) in [5.74, 6) is -3.78. The zero-order chi connectivity index (χ0) is 29.7. The van der Waals surface area contributed by atoms with Gasteiger partial charge in [-0.3, -0.25) is 33.9 Å². The van der Waals surface area contributed by atoms with Crippen molar-refractivity contribution in [3.8, 4) is 5.75 Å². The first-order chi connectivity index (χ1) is 20.1. The Labute approximate surface area is 244 Å². The van der Waals surface area contributed by atoms with Gasteiger partial charge in [-0.2, -0.15) is 0 Å². The summed E-state index contributed by atoms with van der Waals surface area (Å²) in [7, 11) is 0. The lowest BCUT2D eigenvalue weighted by Crippen LogP contribution is -2.33. The van der Waals surface area contributed by atoms with Crippen LogP contribution >= 0.6 is 23.1 Å². The Morgan fingerprint density at radius 3 is 2.29 bits per heavy atom. The molecule has 3 atom stereocenters. The number of nitro benzene ring substituents is 1. The van der Waals surface area contributed by atoms with Gasteiger partial charge in [0.25, 0.3) is 5.69 Å². The van der Waals surface area contributed by atoms with E-state index in [0.29, 0.717) is 21.2 Å². The van der Waals surface area contributed by atoms with Crippen molar-refractivity contribution in [2.24, 2.45) is 5.92 Å². The minimum absolute atomic E-state index is 0.00902. The number of hydrogen-bond donors (Lipinski definition) is 2. The number of imide groups is 1. The lowest BCUT2D eigenvalue weighted by Gasteiger charge is -2.30. The van der Waals surface area contributed by atoms with E-state index < -0.39 is 50.4 Å². The highest BCUT2D eigenvalue weighted by molar-refractivity contribution is 8.00. The van der Waals surface area contributed by atoms with Crippen LogP contribution in [0, 0.1) is 21.8 Å². The number of non-ortho nitro benzene ring substituents is 1. The summed E-state index contributed by atoms with van der Waals surface area (Å²) < 4.78 is 14.5. The number of hydrogen-bond acceptors (Lipinski definition) is 9. The lowest BCUT2D eigenvalue weighted by molar-refractivity contribution is -0.384. The molecule has 14 heteroatoms. The summed E-state index contributed by atoms with van der Waals surface area (Å²) in [6.07, 6.45) is 0. The van der Waals surface area contributed by atoms with E-state index >= 15 is 0 Å². The van der Waals surface area contributed by atoms with Crippen molar-refractivity contribution in [2.75, 3.05) is 10.2 Å². The molecule has 0 spiro atoms. The molecular weight excluding hydrogens is 587 g/mol. The minimum atomic E-state index is -0.959. The van der Waals surface area contributed by atoms with Gasteiger partial charge in [0.05, 0.1) is 21.6 Å². The molecule has 0 bridgehead atoms. The zero-order valence-electron chi connectivity index (χ0n) is 21.3. The molecule has 1 saturated heterocycles. The summed E-state index contributed by atoms with van der Waals surface area (Å²) >= 11 is 1.89. The van der Waals surface area contributed by atoms with E-state index in [0.717, 1.165) is 28.0 Å². The molecule has 11 nitrogen and oxygen atoms in total. The molecule has 212 valence electrons. The number of fused-ring (bicyclic) bond motifs is 2. The highest BCUT2D eigenvalue weighted by atomic mass is 32.2. The van der Waals surface area contributed by atoms with E-state index in [2.05, 4.69) is 5.32 Å². The molecule has 0 aliphatic carbocycles. The predicted molar refractivity (Wildman–Crippen MR) is 152 cm³/mol. The first-order valence-electron chi connectivity index (χ1n) is 12.5. The van der Waals surface area contributed by atoms with E-state index in [9.17, 15) is 38.8 Å². The molecule has 3 heterocycles. The maximum Gasteiger partial charge on any atom is 0.308 e. The Hall–Kier alpha value is -4.82. The van der Waals surface area contributed by atoms with Crippen molar-refractivity contribution >= 4 is 57.9 Å². The van der Waals surface area contributed by atoms with Crippen molar-refractivity contribution in [1.82, 2.24) is 4.57 Å². The van der Waals surface area contributed by atoms with Gasteiger partial charge in [-0.15, -0.1) is 0 Å². The summed E-state index contributed by atoms with van der Waals surface area (Å²) in [6.45, 7) is -0.386. The van der Waals surface area contributed by atoms with Crippen LogP contribution < -0.4 is 15.1 Å². The average molecular weight is 607 g/mol. The SMILES string of the molecule is O=C(Cn1c2c(sc1=O)C(c1ccc(O)cc1)C1C(=O)N(c3ccc([N+](=O)[O-])cc3)C(=O)C1S2)Nc1ccc(F)cc1. The first-order valence-corrected chi connectivity index (χ1v) is 14.2. The molecule has 2 aliphatic heterocycles. The molecule has 3 aromatic carbocycles. The number of rotatable bonds is 6. The number of aromatic hydroxyl groups is 1. The third kappa shape index (κ3) is 4.73. The van der Waals surface area contributed by atoms with Gasteiger partial charge in [0.15, 0.2) is 0 Å². The summed E-state index contributed by atoms with van der Waals surface area (Å²) in [4.78, 5) is 65.2. The van der Waals surface area contributed by atoms with Gasteiger partial charge in [-0.1, -0.05) is 35.2 Å². The van der Waals surface area contributed by atoms with E-state index in [1.807, 2.05) is 0 Å². The van der Waals surface area contributed by atoms with Crippen LogP contribution in [0.15, 0.2) is 82.6 Å². The Kier molecular flexibility index (Phi) is 6.86. The molecule has 0 radical (unpaired) electrons. The number of thiazole rings is 1. The maximum absolute atomic E-state index is 13.9. The normalized spacial score (nSPS) is 19.4. The van der Waals surface area contributed by atoms with E-state index in [4.69, 9.17) is 0 Å². The Morgan fingerprint density at radius 2 is 1.64 bits per heavy atom. The van der Waals surface area contributed by atoms with Crippen LogP contribution in [-0.2, 0) is 20.9 Å². The first kappa shape index (κ1) is 27.4. The van der Waals surface area contributed by atoms with Crippen LogP contribution in [0.1, 0.15) is 16.4 Å². The van der Waals surface area contributed by atoms with Crippen LogP contribution in [0.3, 0.4) is 0 Å². The molecule has 2 aliphatic rings. The minimum Gasteiger partial charge on any atom is -0.508 e. The van der Waals surface area contributed by atoms with Gasteiger partial charge in [-0.05, 0) is 54.1 Å². The highest BCUT2D eigenvalue weighted by Gasteiger charge is 2.56. The van der Waals surface area contributed by atoms with Gasteiger partial charge in [-0.25, -0.2) is 9.29 Å². The lowest BCUT2D eigenvalue weighted by atomic mass is 9.83. The second-order valence-corrected chi connectivity index (χ2v) is 11.7. The summed E-state index contributed by atoms with van der Waals surface area (Å²) in [5.41, 5.74) is 0.898. The van der Waals surface area contributed by atoms with Gasteiger partial charge >= 0.3 is 4.87 Å². The van der Waals surface area contributed by atoms with Crippen molar-refractivity contribution in [1.29, 1.82) is 0 Å². The largest absolute Gasteiger partial charge is 0.508 e. The molecule has 2 N–H and O–H groups in total. The summed E-state index contributed by atoms with van der Waals surface area (Å²) in [6, 6.07) is 16.3. The third-order valence-corrected chi connectivity index (χ3v) is 9.65. The number of carbonyl (C=O) groups is 3. The molecular formula is C28H19FN4O7S2. The number of phenolic OH excluding ortho intramolecular Hbond substituents is 1. The van der Waals surface area contributed by atoms with E-state index in [1.54, 1.807) is 12.1 Å². The third-order valence-electron chi connectivity index (χ3n) is 7.05. The molecule has 1 aromatic heterocycles. The fourth-order valence-electron chi connectivity index (χ4n) is 5.15. The van der Waals surface area contributed by atoms with Gasteiger partial charge in [0.2, 0.25) is 17.7 Å². The Balaban J connectivity index is 1.39. The Morgan fingerprint density at radius 1 is 0.976 bits per heavy atom. The van der Waals surface area contributed by atoms with Crippen LogP contribution in [0.2, 0.25) is 0 Å². The van der Waals surface area contributed by atoms with Crippen LogP contribution in [0.25, 0.3) is 0 Å². The maximum atomic E-state index is 13.9. The number of nitro groups is 1. The molecule has 0 saturated carbocycles. The molecule has 42 heavy (non-hydrogen) atoms. The molecule has 3 amide bonds. The topological polar surface area (TPSA) is 152 Å². The number of amides is 3. The van der Waals surface area contributed by atoms with Gasteiger partial charge in [0.1, 0.15) is 23.4 Å². The number of thioether (sulfide) groups is 1. The fraction of sp³-hybridized carbons (Fsp3) is 0.143. The smallest absolute Gasteiger partial charge is 0.308 e. The van der Waals surface area contributed by atoms with Crippen molar-refractivity contribution in [2.45, 2.75) is 22.7 Å². The van der Waals surface area contributed by atoms with Gasteiger partial charge < -0.3 is 10.4 Å². The van der Waals surface area contributed by atoms with E-state index in [-0.39, 0.29) is 23.7 Å². The number of benzene rings is 3. The number of nitrogens with zero attached hydrogens (tertiary/aromatic N) is 3. The quantitative estimate of drug-likeness (QED) is 0.189. The Bertz CT molecular complexity index is 1800. The number of halogens is 1. The van der Waals surface area contributed by atoms with Gasteiger partial charge in [0, 0.05) is 28.6 Å². The van der Waals surface area contributed by atoms with Crippen molar-refractivity contribution in [3.05, 3.63) is 109 Å². The number of nitrogens with one attached hydrogen (secondary N) is 1. The van der Waals surface area contributed by atoms with Crippen LogP contribution in [-0.4, -0.2) is 37.6 Å². The number of phenols is 1. The average Bonchev–Trinajstić information content (AvgIpc) is 3.41. The highest BCUT2D eigenvalue weighted by Crippen LogP contribution is 2.54. The second-order valence-electron chi connectivity index (χ2n) is 9.60. The number of carbonyl (C=O) groups excluding carboxylic acids is 3. The monoisotopic (exact) mass is 606 g/mol. The molecule has 6 rings (SSSR count). The zero-order valence-corrected chi connectivity index (χ0v) is 22.9. The fourth-order valence-corrected chi connectivity index (χ4v) is 7.92. The summed E-state index contributed by atoms with van der Waals surface area (Å²) in [5, 5.41) is 23.0. The number of anilines is 2. The van der Waals surface area contributed by atoms with Crippen LogP contribution in [0.5, 0.6) is 5.75 Å². The molecule has 1 fully saturated rings. The van der Waals surface area contributed by atoms with E-state index in [1.165, 1.54) is 65.2 Å². The van der Waals surface area contributed by atoms with Crippen molar-refractivity contribution < 1.29 is 28.8 Å². The standard InChI is InChI=1S/C28H19FN4O7S2/c29-15-3-5-16(6-4-15)30-20(35)13-31-27-24(42-28(31)38)21(14-1-11-19(34)12-2-14)22-23(41-27)26(37)32(25(22)36)17-7-9-18(10-8-17)33(39)40/h1-12,21-23,34H,13H2,(H,30,35). The molecule has 4 aromatic rings. The predicted octanol–water partition coefficient (Wildman–Crippen LogP) is 4.10. The van der Waals surface area contributed by atoms with Crippen molar-refractivity contribution in [3.63, 3.8) is 0 Å². The second kappa shape index (κ2) is 10.5.